The van der Waals surface area contributed by atoms with Crippen molar-refractivity contribution in [1.82, 2.24) is 20.5 Å². The van der Waals surface area contributed by atoms with Crippen LogP contribution in [0.15, 0.2) is 24.3 Å². The Hall–Kier alpha value is -1.50. The molecule has 6 heteroatoms. The molecule has 1 atom stereocenters. The quantitative estimate of drug-likeness (QED) is 0.871. The lowest BCUT2D eigenvalue weighted by Gasteiger charge is -2.33. The number of rotatable bonds is 5. The Morgan fingerprint density at radius 1 is 1.50 bits per heavy atom. The van der Waals surface area contributed by atoms with Gasteiger partial charge < -0.3 is 10.6 Å². The third-order valence-corrected chi connectivity index (χ3v) is 5.08. The van der Waals surface area contributed by atoms with Crippen LogP contribution in [-0.4, -0.2) is 54.6 Å². The second-order valence-electron chi connectivity index (χ2n) is 5.70. The van der Waals surface area contributed by atoms with Gasteiger partial charge >= 0.3 is 0 Å². The van der Waals surface area contributed by atoms with Crippen molar-refractivity contribution >= 4 is 27.5 Å². The second kappa shape index (κ2) is 7.17. The van der Waals surface area contributed by atoms with E-state index in [0.29, 0.717) is 19.1 Å². The second-order valence-corrected chi connectivity index (χ2v) is 6.81. The summed E-state index contributed by atoms with van der Waals surface area (Å²) in [5.74, 6) is 0.106. The highest BCUT2D eigenvalue weighted by atomic mass is 32.1. The average Bonchev–Trinajstić information content (AvgIpc) is 2.92. The Morgan fingerprint density at radius 2 is 2.36 bits per heavy atom. The molecule has 1 saturated heterocycles. The van der Waals surface area contributed by atoms with Gasteiger partial charge in [-0.2, -0.15) is 0 Å². The van der Waals surface area contributed by atoms with Gasteiger partial charge in [0.15, 0.2) is 0 Å². The Labute approximate surface area is 134 Å². The van der Waals surface area contributed by atoms with Crippen LogP contribution in [0.25, 0.3) is 10.2 Å². The third-order valence-electron chi connectivity index (χ3n) is 3.98. The highest BCUT2D eigenvalue weighted by Crippen LogP contribution is 2.21. The summed E-state index contributed by atoms with van der Waals surface area (Å²) in [5, 5.41) is 7.42. The molecule has 1 amide bonds. The van der Waals surface area contributed by atoms with E-state index in [9.17, 15) is 4.79 Å². The van der Waals surface area contributed by atoms with Gasteiger partial charge in [-0.05, 0) is 19.1 Å². The van der Waals surface area contributed by atoms with E-state index in [1.54, 1.807) is 11.3 Å². The number of benzene rings is 1. The van der Waals surface area contributed by atoms with E-state index in [4.69, 9.17) is 0 Å². The number of amides is 1. The van der Waals surface area contributed by atoms with Crippen molar-refractivity contribution in [3.8, 4) is 0 Å². The van der Waals surface area contributed by atoms with Crippen LogP contribution >= 0.6 is 11.3 Å². The molecule has 2 N–H and O–H groups in total. The van der Waals surface area contributed by atoms with E-state index in [1.807, 2.05) is 18.2 Å². The van der Waals surface area contributed by atoms with Crippen molar-refractivity contribution < 1.29 is 4.79 Å². The first kappa shape index (κ1) is 15.4. The van der Waals surface area contributed by atoms with Crippen molar-refractivity contribution in [3.05, 3.63) is 29.3 Å². The summed E-state index contributed by atoms with van der Waals surface area (Å²) in [6.07, 6.45) is 0.794. The number of thiazole rings is 1. The number of carbonyl (C=O) groups excluding carboxylic acids is 1. The third kappa shape index (κ3) is 3.82. The van der Waals surface area contributed by atoms with Gasteiger partial charge in [-0.15, -0.1) is 11.3 Å². The molecule has 2 heterocycles. The highest BCUT2D eigenvalue weighted by Gasteiger charge is 2.19. The van der Waals surface area contributed by atoms with E-state index >= 15 is 0 Å². The first-order valence-corrected chi connectivity index (χ1v) is 8.60. The van der Waals surface area contributed by atoms with Gasteiger partial charge in [-0.3, -0.25) is 9.69 Å². The predicted octanol–water partition coefficient (Wildman–Crippen LogP) is 1.25. The zero-order chi connectivity index (χ0) is 15.4. The molecule has 1 aliphatic heterocycles. The molecular formula is C16H22N4OS. The fourth-order valence-corrected chi connectivity index (χ4v) is 3.66. The molecule has 1 aromatic heterocycles. The fourth-order valence-electron chi connectivity index (χ4n) is 2.69. The number of hydrogen-bond donors (Lipinski definition) is 2. The summed E-state index contributed by atoms with van der Waals surface area (Å²) in [4.78, 5) is 18.8. The standard InChI is InChI=1S/C16H22N4OS/c1-12-10-17-8-9-20(12)11-15(21)18-7-6-16-19-13-4-2-3-5-14(13)22-16/h2-5,12,17H,6-11H2,1H3,(H,18,21)/t12-/m1/s1. The largest absolute Gasteiger partial charge is 0.355 e. The molecule has 1 fully saturated rings. The zero-order valence-corrected chi connectivity index (χ0v) is 13.7. The summed E-state index contributed by atoms with van der Waals surface area (Å²) in [5.41, 5.74) is 1.04. The molecule has 22 heavy (non-hydrogen) atoms. The number of fused-ring (bicyclic) bond motifs is 1. The Balaban J connectivity index is 1.45. The van der Waals surface area contributed by atoms with Gasteiger partial charge in [-0.1, -0.05) is 12.1 Å². The molecular weight excluding hydrogens is 296 g/mol. The molecule has 118 valence electrons. The van der Waals surface area contributed by atoms with Crippen molar-refractivity contribution in [2.75, 3.05) is 32.7 Å². The minimum atomic E-state index is 0.106. The maximum atomic E-state index is 12.0. The fraction of sp³-hybridized carbons (Fsp3) is 0.500. The van der Waals surface area contributed by atoms with Gasteiger partial charge in [0.2, 0.25) is 5.91 Å². The van der Waals surface area contributed by atoms with Crippen molar-refractivity contribution in [1.29, 1.82) is 0 Å². The SMILES string of the molecule is C[C@@H]1CNCCN1CC(=O)NCCc1nc2ccccc2s1. The van der Waals surface area contributed by atoms with Gasteiger partial charge in [0, 0.05) is 38.6 Å². The van der Waals surface area contributed by atoms with Crippen molar-refractivity contribution in [3.63, 3.8) is 0 Å². The van der Waals surface area contributed by atoms with Crippen LogP contribution in [0.3, 0.4) is 0 Å². The smallest absolute Gasteiger partial charge is 0.234 e. The number of hydrogen-bond acceptors (Lipinski definition) is 5. The number of carbonyl (C=O) groups is 1. The summed E-state index contributed by atoms with van der Waals surface area (Å²) in [6, 6.07) is 8.56. The molecule has 0 aliphatic carbocycles. The zero-order valence-electron chi connectivity index (χ0n) is 12.8. The number of para-hydroxylation sites is 1. The van der Waals surface area contributed by atoms with Gasteiger partial charge in [0.25, 0.3) is 0 Å². The van der Waals surface area contributed by atoms with Crippen LogP contribution in [0, 0.1) is 0 Å². The van der Waals surface area contributed by atoms with E-state index in [1.165, 1.54) is 4.70 Å². The highest BCUT2D eigenvalue weighted by molar-refractivity contribution is 7.18. The van der Waals surface area contributed by atoms with Crippen LogP contribution in [0.1, 0.15) is 11.9 Å². The number of piperazine rings is 1. The molecule has 5 nitrogen and oxygen atoms in total. The molecule has 0 bridgehead atoms. The normalized spacial score (nSPS) is 19.4. The van der Waals surface area contributed by atoms with Crippen molar-refractivity contribution in [2.45, 2.75) is 19.4 Å². The molecule has 1 aliphatic rings. The maximum Gasteiger partial charge on any atom is 0.234 e. The Kier molecular flexibility index (Phi) is 5.02. The summed E-state index contributed by atoms with van der Waals surface area (Å²) in [7, 11) is 0. The van der Waals surface area contributed by atoms with Crippen LogP contribution in [-0.2, 0) is 11.2 Å². The number of nitrogens with one attached hydrogen (secondary N) is 2. The molecule has 0 spiro atoms. The first-order chi connectivity index (χ1) is 10.7. The van der Waals surface area contributed by atoms with E-state index in [2.05, 4.69) is 33.5 Å². The Bertz CT molecular complexity index is 609. The predicted molar refractivity (Wildman–Crippen MR) is 90.2 cm³/mol. The van der Waals surface area contributed by atoms with E-state index in [-0.39, 0.29) is 5.91 Å². The Morgan fingerprint density at radius 3 is 3.18 bits per heavy atom. The minimum absolute atomic E-state index is 0.106. The van der Waals surface area contributed by atoms with Gasteiger partial charge in [0.1, 0.15) is 0 Å². The van der Waals surface area contributed by atoms with Crippen molar-refractivity contribution in [2.24, 2.45) is 0 Å². The minimum Gasteiger partial charge on any atom is -0.355 e. The molecule has 1 aromatic carbocycles. The van der Waals surface area contributed by atoms with E-state index < -0.39 is 0 Å². The maximum absolute atomic E-state index is 12.0. The topological polar surface area (TPSA) is 57.3 Å². The van der Waals surface area contributed by atoms with E-state index in [0.717, 1.165) is 36.6 Å². The lowest BCUT2D eigenvalue weighted by atomic mass is 10.2. The molecule has 3 rings (SSSR count). The summed E-state index contributed by atoms with van der Waals surface area (Å²) in [6.45, 7) is 6.15. The average molecular weight is 318 g/mol. The lowest BCUT2D eigenvalue weighted by Crippen LogP contribution is -2.52. The van der Waals surface area contributed by atoms with Gasteiger partial charge in [0.05, 0.1) is 21.8 Å². The lowest BCUT2D eigenvalue weighted by molar-refractivity contribution is -0.122. The number of nitrogens with zero attached hydrogens (tertiary/aromatic N) is 2. The van der Waals surface area contributed by atoms with Crippen LogP contribution in [0.4, 0.5) is 0 Å². The summed E-state index contributed by atoms with van der Waals surface area (Å²) < 4.78 is 1.21. The molecule has 2 aromatic rings. The van der Waals surface area contributed by atoms with Crippen LogP contribution in [0.5, 0.6) is 0 Å². The molecule has 0 unspecified atom stereocenters. The number of aromatic nitrogens is 1. The summed E-state index contributed by atoms with van der Waals surface area (Å²) >= 11 is 1.70. The van der Waals surface area contributed by atoms with Crippen LogP contribution in [0.2, 0.25) is 0 Å². The molecule has 0 radical (unpaired) electrons. The molecule has 0 saturated carbocycles. The van der Waals surface area contributed by atoms with Crippen LogP contribution < -0.4 is 10.6 Å². The monoisotopic (exact) mass is 318 g/mol. The first-order valence-electron chi connectivity index (χ1n) is 7.78. The van der Waals surface area contributed by atoms with Gasteiger partial charge in [-0.25, -0.2) is 4.98 Å².